The monoisotopic (exact) mass is 769 g/mol. The molecule has 6 rings (SSSR count). The van der Waals surface area contributed by atoms with Crippen molar-refractivity contribution in [3.63, 3.8) is 0 Å². The zero-order valence-corrected chi connectivity index (χ0v) is 33.7. The van der Waals surface area contributed by atoms with Crippen LogP contribution in [0.4, 0.5) is 9.93 Å². The van der Waals surface area contributed by atoms with E-state index in [1.165, 1.54) is 14.2 Å². The number of esters is 1. The number of nitrogens with one attached hydrogen (secondary N) is 3. The van der Waals surface area contributed by atoms with Crippen LogP contribution in [0.2, 0.25) is 0 Å². The molecule has 4 unspecified atom stereocenters. The molecule has 3 aliphatic carbocycles. The first-order valence-corrected chi connectivity index (χ1v) is 18.9. The molecule has 5 atom stereocenters. The second kappa shape index (κ2) is 15.5. The van der Waals surface area contributed by atoms with Crippen LogP contribution in [-0.4, -0.2) is 91.3 Å². The van der Waals surface area contributed by atoms with Gasteiger partial charge in [-0.15, -0.1) is 11.3 Å². The maximum atomic E-state index is 14.1. The summed E-state index contributed by atoms with van der Waals surface area (Å²) in [5.41, 5.74) is -1.10. The molecule has 1 aliphatic heterocycles. The summed E-state index contributed by atoms with van der Waals surface area (Å²) < 4.78 is 30.0. The van der Waals surface area contributed by atoms with Crippen LogP contribution in [0.5, 0.6) is 5.75 Å². The molecule has 2 bridgehead atoms. The van der Waals surface area contributed by atoms with Gasteiger partial charge in [0.25, 0.3) is 5.91 Å². The Kier molecular flexibility index (Phi) is 11.8. The third kappa shape index (κ3) is 9.00. The molecule has 15 nitrogen and oxygen atoms in total. The Labute approximate surface area is 320 Å². The zero-order chi connectivity index (χ0) is 39.8. The van der Waals surface area contributed by atoms with Crippen LogP contribution in [-0.2, 0) is 39.6 Å². The number of para-hydroxylation sites is 1. The van der Waals surface area contributed by atoms with Gasteiger partial charge in [0.2, 0.25) is 5.91 Å². The van der Waals surface area contributed by atoms with Crippen LogP contribution < -0.4 is 20.7 Å². The number of oxime groups is 1. The molecule has 17 heteroatoms. The molecular weight excluding hydrogens is 717 g/mol. The summed E-state index contributed by atoms with van der Waals surface area (Å²) in [6, 6.07) is 5.18. The molecule has 2 heterocycles. The highest BCUT2D eigenvalue weighted by Gasteiger charge is 2.68. The number of hydrogen-bond donors (Lipinski definition) is 3. The molecule has 2 aromatic rings. The lowest BCUT2D eigenvalue weighted by Crippen LogP contribution is -2.65. The van der Waals surface area contributed by atoms with E-state index in [1.54, 1.807) is 59.1 Å². The fraction of sp³-hybridized carbons (Fsp3) is 0.622. The smallest absolute Gasteiger partial charge is 0.482 e. The third-order valence-corrected chi connectivity index (χ3v) is 10.9. The second-order valence-electron chi connectivity index (χ2n) is 16.7. The third-order valence-electron chi connectivity index (χ3n) is 10.2. The van der Waals surface area contributed by atoms with Crippen LogP contribution >= 0.6 is 11.3 Å². The minimum atomic E-state index is -0.861. The molecule has 0 spiro atoms. The molecule has 4 fully saturated rings. The summed E-state index contributed by atoms with van der Waals surface area (Å²) in [4.78, 5) is 61.4. The first-order chi connectivity index (χ1) is 25.1. The quantitative estimate of drug-likeness (QED) is 0.115. The Morgan fingerprint density at radius 3 is 2.39 bits per heavy atom. The normalized spacial score (nSPS) is 23.6. The number of hydrogen-bond acceptors (Lipinski definition) is 13. The lowest BCUT2D eigenvalue weighted by Gasteiger charge is -2.64. The maximum absolute atomic E-state index is 14.1. The largest absolute Gasteiger partial charge is 0.496 e. The van der Waals surface area contributed by atoms with Crippen LogP contribution in [0.15, 0.2) is 28.7 Å². The Hall–Kier alpha value is -4.22. The van der Waals surface area contributed by atoms with E-state index in [2.05, 4.69) is 46.9 Å². The van der Waals surface area contributed by atoms with Gasteiger partial charge in [-0.2, -0.15) is 0 Å². The van der Waals surface area contributed by atoms with Crippen molar-refractivity contribution < 1.29 is 47.5 Å². The van der Waals surface area contributed by atoms with Gasteiger partial charge in [0.15, 0.2) is 10.8 Å². The van der Waals surface area contributed by atoms with Gasteiger partial charge >= 0.3 is 19.2 Å². The van der Waals surface area contributed by atoms with Crippen molar-refractivity contribution >= 4 is 53.2 Å². The maximum Gasteiger partial charge on any atom is 0.482 e. The topological polar surface area (TPSA) is 185 Å². The molecule has 3 amide bonds. The summed E-state index contributed by atoms with van der Waals surface area (Å²) in [5.74, 6) is -1.44. The van der Waals surface area contributed by atoms with Gasteiger partial charge in [0.1, 0.15) is 41.9 Å². The highest BCUT2D eigenvalue weighted by molar-refractivity contribution is 7.14. The SMILES string of the molecule is CON=C(C(=O)N[C@@H](Cc1cccc(C(=O)OC(C)(C)C)c1OC)B1OC2CC3CC(C3(C)C)C2(C)O1)c1csc(NC(=O)CNC(=O)OC(C)(C)C)n1. The average molecular weight is 770 g/mol. The van der Waals surface area contributed by atoms with Crippen molar-refractivity contribution in [2.75, 3.05) is 26.1 Å². The predicted molar refractivity (Wildman–Crippen MR) is 202 cm³/mol. The van der Waals surface area contributed by atoms with Crippen molar-refractivity contribution in [2.45, 2.75) is 110 Å². The van der Waals surface area contributed by atoms with Crippen molar-refractivity contribution in [3.8, 4) is 5.75 Å². The fourth-order valence-electron chi connectivity index (χ4n) is 7.61. The van der Waals surface area contributed by atoms with E-state index in [9.17, 15) is 19.2 Å². The summed E-state index contributed by atoms with van der Waals surface area (Å²) in [5, 5.41) is 13.7. The summed E-state index contributed by atoms with van der Waals surface area (Å²) in [7, 11) is 1.92. The number of benzene rings is 1. The predicted octanol–water partition coefficient (Wildman–Crippen LogP) is 4.92. The second-order valence-corrected chi connectivity index (χ2v) is 17.5. The first-order valence-electron chi connectivity index (χ1n) is 18.0. The first kappa shape index (κ1) is 41.0. The van der Waals surface area contributed by atoms with Gasteiger partial charge in [0, 0.05) is 5.38 Å². The van der Waals surface area contributed by atoms with E-state index >= 15 is 0 Å². The number of methoxy groups -OCH3 is 1. The number of thiazole rings is 1. The van der Waals surface area contributed by atoms with Crippen molar-refractivity contribution in [1.82, 2.24) is 15.6 Å². The van der Waals surface area contributed by atoms with Gasteiger partial charge in [0.05, 0.1) is 24.8 Å². The summed E-state index contributed by atoms with van der Waals surface area (Å²) in [6.07, 6.45) is 1.13. The van der Waals surface area contributed by atoms with Crippen molar-refractivity contribution in [2.24, 2.45) is 22.4 Å². The molecule has 54 heavy (non-hydrogen) atoms. The average Bonchev–Trinajstić information content (AvgIpc) is 3.67. The minimum Gasteiger partial charge on any atom is -0.496 e. The van der Waals surface area contributed by atoms with Crippen molar-refractivity contribution in [1.29, 1.82) is 0 Å². The van der Waals surface area contributed by atoms with Crippen molar-refractivity contribution in [3.05, 3.63) is 40.4 Å². The Balaban J connectivity index is 1.38. The number of carbonyl (C=O) groups is 4. The lowest BCUT2D eigenvalue weighted by molar-refractivity contribution is -0.199. The van der Waals surface area contributed by atoms with E-state index in [1.807, 2.05) is 6.07 Å². The number of rotatable bonds is 12. The molecular formula is C37H52BN5O10S. The molecule has 0 radical (unpaired) electrons. The molecule has 294 valence electrons. The molecule has 1 saturated heterocycles. The molecule has 4 aliphatic rings. The van der Waals surface area contributed by atoms with Gasteiger partial charge in [-0.3, -0.25) is 9.59 Å². The standard InChI is InChI=1S/C37H52BN5O10S/c1-34(2,3)50-31(46)22-14-12-13-20(29(22)48-10)15-26(38-52-25-17-21-16-24(36(21,7)8)37(25,9)53-38)41-30(45)28(43-49-11)23-19-54-32(40-23)42-27(44)18-39-33(47)51-35(4,5)6/h12-14,19,21,24-26H,15-18H2,1-11H3,(H,39,47)(H,41,45)(H,40,42,44)/t21?,24?,25?,26-,37?/m0/s1. The molecule has 1 aromatic carbocycles. The van der Waals surface area contributed by atoms with Gasteiger partial charge in [-0.1, -0.05) is 31.1 Å². The number of alkyl carbamates (subject to hydrolysis) is 1. The fourth-order valence-corrected chi connectivity index (χ4v) is 8.32. The van der Waals surface area contributed by atoms with E-state index in [0.717, 1.165) is 24.2 Å². The van der Waals surface area contributed by atoms with E-state index in [0.29, 0.717) is 17.2 Å². The van der Waals surface area contributed by atoms with Crippen LogP contribution in [0.1, 0.15) is 96.8 Å². The number of anilines is 1. The molecule has 3 saturated carbocycles. The van der Waals surface area contributed by atoms with E-state index < -0.39 is 53.7 Å². The molecule has 3 N–H and O–H groups in total. The Morgan fingerprint density at radius 1 is 1.06 bits per heavy atom. The van der Waals surface area contributed by atoms with Gasteiger partial charge in [-0.05, 0) is 96.6 Å². The van der Waals surface area contributed by atoms with Gasteiger partial charge < -0.3 is 44.3 Å². The number of amides is 3. The number of carbonyl (C=O) groups excluding carboxylic acids is 4. The highest BCUT2D eigenvalue weighted by atomic mass is 32.1. The van der Waals surface area contributed by atoms with Crippen LogP contribution in [0.25, 0.3) is 0 Å². The minimum absolute atomic E-state index is 0.0923. The number of ether oxygens (including phenoxy) is 3. The number of aromatic nitrogens is 1. The summed E-state index contributed by atoms with van der Waals surface area (Å²) in [6.45, 7) is 16.8. The van der Waals surface area contributed by atoms with Crippen LogP contribution in [0, 0.1) is 17.3 Å². The van der Waals surface area contributed by atoms with E-state index in [4.69, 9.17) is 28.4 Å². The molecule has 1 aromatic heterocycles. The number of nitrogens with zero attached hydrogens (tertiary/aromatic N) is 2. The highest BCUT2D eigenvalue weighted by Crippen LogP contribution is 2.65. The lowest BCUT2D eigenvalue weighted by atomic mass is 9.43. The van der Waals surface area contributed by atoms with Crippen LogP contribution in [0.3, 0.4) is 0 Å². The van der Waals surface area contributed by atoms with Gasteiger partial charge in [-0.25, -0.2) is 14.6 Å². The Morgan fingerprint density at radius 2 is 1.76 bits per heavy atom. The summed E-state index contributed by atoms with van der Waals surface area (Å²) >= 11 is 1.06. The Bertz CT molecular complexity index is 1790. The zero-order valence-electron chi connectivity index (χ0n) is 32.9. The van der Waals surface area contributed by atoms with E-state index in [-0.39, 0.29) is 52.5 Å².